The Bertz CT molecular complexity index is 734. The van der Waals surface area contributed by atoms with E-state index >= 15 is 0 Å². The second kappa shape index (κ2) is 5.40. The van der Waals surface area contributed by atoms with Crippen LogP contribution in [0.5, 0.6) is 0 Å². The van der Waals surface area contributed by atoms with Crippen LogP contribution in [0.25, 0.3) is 0 Å². The van der Waals surface area contributed by atoms with Gasteiger partial charge in [0.25, 0.3) is 5.91 Å². The maximum Gasteiger partial charge on any atom is 0.338 e. The molecule has 6 heteroatoms. The van der Waals surface area contributed by atoms with Crippen molar-refractivity contribution >= 4 is 17.6 Å². The quantitative estimate of drug-likeness (QED) is 0.790. The summed E-state index contributed by atoms with van der Waals surface area (Å²) in [6.07, 6.45) is 0. The number of carboxylic acids is 1. The SMILES string of the molecule is Cc1cccc(NC(=O)c2cccc(=O)[nH]2)c1C(=O)O. The van der Waals surface area contributed by atoms with Crippen molar-refractivity contribution in [2.75, 3.05) is 5.32 Å². The van der Waals surface area contributed by atoms with E-state index in [2.05, 4.69) is 10.3 Å². The number of hydrogen-bond donors (Lipinski definition) is 3. The molecule has 0 saturated heterocycles. The zero-order valence-corrected chi connectivity index (χ0v) is 10.6. The maximum atomic E-state index is 12.0. The molecule has 20 heavy (non-hydrogen) atoms. The molecule has 0 saturated carbocycles. The molecule has 6 nitrogen and oxygen atoms in total. The van der Waals surface area contributed by atoms with E-state index in [4.69, 9.17) is 5.11 Å². The van der Waals surface area contributed by atoms with Crippen LogP contribution in [0.2, 0.25) is 0 Å². The van der Waals surface area contributed by atoms with Crippen LogP contribution >= 0.6 is 0 Å². The van der Waals surface area contributed by atoms with Crippen molar-refractivity contribution in [3.63, 3.8) is 0 Å². The minimum atomic E-state index is -1.13. The molecule has 1 amide bonds. The Morgan fingerprint density at radius 1 is 1.15 bits per heavy atom. The van der Waals surface area contributed by atoms with E-state index < -0.39 is 17.4 Å². The number of carboxylic acid groups (broad SMARTS) is 1. The van der Waals surface area contributed by atoms with Gasteiger partial charge in [0, 0.05) is 6.07 Å². The van der Waals surface area contributed by atoms with E-state index in [0.717, 1.165) is 0 Å². The number of aromatic amines is 1. The summed E-state index contributed by atoms with van der Waals surface area (Å²) in [5.41, 5.74) is 0.416. The van der Waals surface area contributed by atoms with Crippen LogP contribution in [-0.4, -0.2) is 22.0 Å². The summed E-state index contributed by atoms with van der Waals surface area (Å²) in [6, 6.07) is 8.95. The number of nitrogens with one attached hydrogen (secondary N) is 2. The number of anilines is 1. The molecule has 0 aliphatic carbocycles. The summed E-state index contributed by atoms with van der Waals surface area (Å²) >= 11 is 0. The Hall–Kier alpha value is -2.89. The third-order valence-corrected chi connectivity index (χ3v) is 2.75. The first-order valence-electron chi connectivity index (χ1n) is 5.82. The molecule has 0 radical (unpaired) electrons. The van der Waals surface area contributed by atoms with E-state index in [1.54, 1.807) is 19.1 Å². The van der Waals surface area contributed by atoms with Crippen LogP contribution in [0.1, 0.15) is 26.4 Å². The lowest BCUT2D eigenvalue weighted by Gasteiger charge is -2.10. The highest BCUT2D eigenvalue weighted by Gasteiger charge is 2.15. The normalized spacial score (nSPS) is 10.1. The Labute approximate surface area is 114 Å². The summed E-state index contributed by atoms with van der Waals surface area (Å²) in [7, 11) is 0. The molecule has 1 heterocycles. The van der Waals surface area contributed by atoms with Crippen LogP contribution in [-0.2, 0) is 0 Å². The summed E-state index contributed by atoms with van der Waals surface area (Å²) in [4.78, 5) is 36.7. The van der Waals surface area contributed by atoms with Crippen molar-refractivity contribution in [1.82, 2.24) is 4.98 Å². The summed E-state index contributed by atoms with van der Waals surface area (Å²) in [5, 5.41) is 11.7. The lowest BCUT2D eigenvalue weighted by molar-refractivity contribution is 0.0697. The van der Waals surface area contributed by atoms with Crippen molar-refractivity contribution in [1.29, 1.82) is 0 Å². The van der Waals surface area contributed by atoms with Gasteiger partial charge in [0.1, 0.15) is 5.69 Å². The van der Waals surface area contributed by atoms with Crippen molar-refractivity contribution in [3.8, 4) is 0 Å². The molecule has 0 fully saturated rings. The standard InChI is InChI=1S/C14H12N2O4/c1-8-4-2-5-9(12(8)14(19)20)16-13(18)10-6-3-7-11(17)15-10/h2-7H,1H3,(H,15,17)(H,16,18)(H,19,20). The number of rotatable bonds is 3. The molecule has 3 N–H and O–H groups in total. The Morgan fingerprint density at radius 3 is 2.50 bits per heavy atom. The van der Waals surface area contributed by atoms with Crippen molar-refractivity contribution in [2.45, 2.75) is 6.92 Å². The molecule has 0 aliphatic heterocycles. The van der Waals surface area contributed by atoms with E-state index in [9.17, 15) is 14.4 Å². The monoisotopic (exact) mass is 272 g/mol. The zero-order valence-electron chi connectivity index (χ0n) is 10.6. The van der Waals surface area contributed by atoms with E-state index in [1.807, 2.05) is 0 Å². The predicted molar refractivity (Wildman–Crippen MR) is 73.2 cm³/mol. The molecule has 0 spiro atoms. The highest BCUT2D eigenvalue weighted by atomic mass is 16.4. The summed E-state index contributed by atoms with van der Waals surface area (Å²) < 4.78 is 0. The van der Waals surface area contributed by atoms with Crippen LogP contribution < -0.4 is 10.9 Å². The number of carbonyl (C=O) groups excluding carboxylic acids is 1. The molecular formula is C14H12N2O4. The molecule has 0 unspecified atom stereocenters. The number of H-pyrrole nitrogens is 1. The van der Waals surface area contributed by atoms with E-state index in [0.29, 0.717) is 5.56 Å². The number of carbonyl (C=O) groups is 2. The first-order chi connectivity index (χ1) is 9.49. The minimum Gasteiger partial charge on any atom is -0.478 e. The molecule has 2 rings (SSSR count). The molecule has 2 aromatic rings. The Balaban J connectivity index is 2.36. The fraction of sp³-hybridized carbons (Fsp3) is 0.0714. The number of pyridine rings is 1. The molecule has 0 bridgehead atoms. The molecule has 0 aliphatic rings. The lowest BCUT2D eigenvalue weighted by atomic mass is 10.1. The second-order valence-corrected chi connectivity index (χ2v) is 4.19. The number of aromatic carboxylic acids is 1. The molecule has 1 aromatic heterocycles. The molecular weight excluding hydrogens is 260 g/mol. The van der Waals surface area contributed by atoms with Crippen molar-refractivity contribution in [3.05, 3.63) is 63.6 Å². The lowest BCUT2D eigenvalue weighted by Crippen LogP contribution is -2.19. The highest BCUT2D eigenvalue weighted by Crippen LogP contribution is 2.20. The average Bonchev–Trinajstić information content (AvgIpc) is 2.38. The first-order valence-corrected chi connectivity index (χ1v) is 5.82. The number of amides is 1. The Kier molecular flexibility index (Phi) is 3.65. The topological polar surface area (TPSA) is 99.3 Å². The van der Waals surface area contributed by atoms with Gasteiger partial charge in [-0.25, -0.2) is 4.79 Å². The maximum absolute atomic E-state index is 12.0. The van der Waals surface area contributed by atoms with Gasteiger partial charge in [-0.1, -0.05) is 18.2 Å². The molecule has 1 aromatic carbocycles. The van der Waals surface area contributed by atoms with Gasteiger partial charge in [-0.05, 0) is 24.6 Å². The third kappa shape index (κ3) is 2.74. The second-order valence-electron chi connectivity index (χ2n) is 4.19. The smallest absolute Gasteiger partial charge is 0.338 e. The van der Waals surface area contributed by atoms with Gasteiger partial charge >= 0.3 is 5.97 Å². The molecule has 102 valence electrons. The number of hydrogen-bond acceptors (Lipinski definition) is 3. The van der Waals surface area contributed by atoms with Gasteiger partial charge in [0.15, 0.2) is 0 Å². The summed E-state index contributed by atoms with van der Waals surface area (Å²) in [6.45, 7) is 1.64. The van der Waals surface area contributed by atoms with Gasteiger partial charge < -0.3 is 15.4 Å². The van der Waals surface area contributed by atoms with Crippen LogP contribution in [0.4, 0.5) is 5.69 Å². The van der Waals surface area contributed by atoms with Crippen LogP contribution in [0, 0.1) is 6.92 Å². The number of benzene rings is 1. The van der Waals surface area contributed by atoms with Crippen molar-refractivity contribution in [2.24, 2.45) is 0 Å². The van der Waals surface area contributed by atoms with Gasteiger partial charge in [-0.15, -0.1) is 0 Å². The zero-order chi connectivity index (χ0) is 14.7. The Morgan fingerprint density at radius 2 is 1.85 bits per heavy atom. The van der Waals surface area contributed by atoms with E-state index in [-0.39, 0.29) is 16.9 Å². The molecule has 0 atom stereocenters. The number of aromatic nitrogens is 1. The van der Waals surface area contributed by atoms with E-state index in [1.165, 1.54) is 24.3 Å². The third-order valence-electron chi connectivity index (χ3n) is 2.75. The van der Waals surface area contributed by atoms with Gasteiger partial charge in [0.2, 0.25) is 5.56 Å². The number of aryl methyl sites for hydroxylation is 1. The largest absolute Gasteiger partial charge is 0.478 e. The fourth-order valence-electron chi connectivity index (χ4n) is 1.83. The highest BCUT2D eigenvalue weighted by molar-refractivity contribution is 6.07. The minimum absolute atomic E-state index is 0.0270. The predicted octanol–water partition coefficient (Wildman–Crippen LogP) is 1.63. The summed E-state index contributed by atoms with van der Waals surface area (Å²) in [5.74, 6) is -1.70. The van der Waals surface area contributed by atoms with Gasteiger partial charge in [-0.3, -0.25) is 9.59 Å². The van der Waals surface area contributed by atoms with Gasteiger partial charge in [-0.2, -0.15) is 0 Å². The van der Waals surface area contributed by atoms with Gasteiger partial charge in [0.05, 0.1) is 11.3 Å². The van der Waals surface area contributed by atoms with Crippen LogP contribution in [0.15, 0.2) is 41.2 Å². The van der Waals surface area contributed by atoms with Crippen LogP contribution in [0.3, 0.4) is 0 Å². The average molecular weight is 272 g/mol. The fourth-order valence-corrected chi connectivity index (χ4v) is 1.83. The first kappa shape index (κ1) is 13.5. The van der Waals surface area contributed by atoms with Crippen molar-refractivity contribution < 1.29 is 14.7 Å².